The first-order valence-electron chi connectivity index (χ1n) is 13.9. The quantitative estimate of drug-likeness (QED) is 0.122. The van der Waals surface area contributed by atoms with Crippen molar-refractivity contribution in [3.8, 4) is 11.4 Å². The highest BCUT2D eigenvalue weighted by Gasteiger charge is 2.30. The number of carbonyl (C=O) groups is 2. The molecule has 44 heavy (non-hydrogen) atoms. The summed E-state index contributed by atoms with van der Waals surface area (Å²) in [7, 11) is 0.00894. The normalized spacial score (nSPS) is 13.8. The van der Waals surface area contributed by atoms with Gasteiger partial charge < -0.3 is 25.4 Å². The zero-order valence-electron chi connectivity index (χ0n) is 24.1. The molecule has 1 atom stereocenters. The predicted molar refractivity (Wildman–Crippen MR) is 168 cm³/mol. The van der Waals surface area contributed by atoms with Crippen molar-refractivity contribution in [2.24, 2.45) is 4.99 Å². The summed E-state index contributed by atoms with van der Waals surface area (Å²) in [6.07, 6.45) is 2.90. The average Bonchev–Trinajstić information content (AvgIpc) is 3.35. The fourth-order valence-corrected chi connectivity index (χ4v) is 4.99. The van der Waals surface area contributed by atoms with E-state index in [1.54, 1.807) is 49.6 Å². The van der Waals surface area contributed by atoms with Gasteiger partial charge in [-0.15, -0.1) is 10.2 Å². The van der Waals surface area contributed by atoms with Crippen molar-refractivity contribution >= 4 is 47.8 Å². The van der Waals surface area contributed by atoms with Crippen molar-refractivity contribution in [2.45, 2.75) is 19.4 Å². The van der Waals surface area contributed by atoms with Crippen molar-refractivity contribution in [3.05, 3.63) is 106 Å². The molecule has 0 saturated carbocycles. The van der Waals surface area contributed by atoms with Gasteiger partial charge in [0, 0.05) is 35.3 Å². The van der Waals surface area contributed by atoms with Crippen LogP contribution in [0.2, 0.25) is 5.02 Å². The van der Waals surface area contributed by atoms with Crippen LogP contribution in [0.5, 0.6) is 5.75 Å². The summed E-state index contributed by atoms with van der Waals surface area (Å²) in [5, 5.41) is 33.4. The van der Waals surface area contributed by atoms with Crippen molar-refractivity contribution in [1.29, 1.82) is 0 Å². The van der Waals surface area contributed by atoms with E-state index >= 15 is 0 Å². The predicted octanol–water partition coefficient (Wildman–Crippen LogP) is 2.15. The Morgan fingerprint density at radius 3 is 2.57 bits per heavy atom. The van der Waals surface area contributed by atoms with Crippen LogP contribution in [0.15, 0.2) is 77.8 Å². The molecule has 0 fully saturated rings. The number of aliphatic imine (C=N–C) groups is 1. The lowest BCUT2D eigenvalue weighted by molar-refractivity contribution is -0.122. The minimum Gasteiger partial charge on any atom is -0.497 e. The number of halogens is 1. The Balaban J connectivity index is 1.29. The second-order valence-electron chi connectivity index (χ2n) is 10.0. The Morgan fingerprint density at radius 1 is 1.05 bits per heavy atom. The second-order valence-corrected chi connectivity index (χ2v) is 10.5. The van der Waals surface area contributed by atoms with Crippen LogP contribution in [0, 0.1) is 6.92 Å². The van der Waals surface area contributed by atoms with Crippen molar-refractivity contribution in [2.75, 3.05) is 20.2 Å². The van der Waals surface area contributed by atoms with Crippen LogP contribution in [0.1, 0.15) is 40.8 Å². The molecule has 1 aliphatic heterocycles. The summed E-state index contributed by atoms with van der Waals surface area (Å²) in [6.45, 7) is 2.25. The van der Waals surface area contributed by atoms with Crippen LogP contribution >= 0.6 is 11.6 Å². The second kappa shape index (κ2) is 13.7. The van der Waals surface area contributed by atoms with Crippen LogP contribution in [-0.2, 0) is 9.59 Å². The van der Waals surface area contributed by atoms with Gasteiger partial charge in [0.25, 0.3) is 0 Å². The molecule has 0 bridgehead atoms. The third-order valence-corrected chi connectivity index (χ3v) is 7.26. The molecule has 1 aromatic heterocycles. The van der Waals surface area contributed by atoms with Crippen LogP contribution in [0.25, 0.3) is 11.8 Å². The number of nitrogens with one attached hydrogen (secondary N) is 2. The average molecular weight is 613 g/mol. The number of methoxy groups -OCH3 is 1. The largest absolute Gasteiger partial charge is 0.497 e. The van der Waals surface area contributed by atoms with E-state index in [0.717, 1.165) is 16.8 Å². The Kier molecular flexibility index (Phi) is 9.54. The summed E-state index contributed by atoms with van der Waals surface area (Å²) < 4.78 is 7.41. The lowest BCUT2D eigenvalue weighted by Crippen LogP contribution is -2.34. The van der Waals surface area contributed by atoms with Gasteiger partial charge in [0.1, 0.15) is 17.6 Å². The molecular weight excluding hydrogens is 583 g/mol. The van der Waals surface area contributed by atoms with E-state index in [-0.39, 0.29) is 31.3 Å². The van der Waals surface area contributed by atoms with E-state index in [0.29, 0.717) is 39.2 Å². The van der Waals surface area contributed by atoms with Gasteiger partial charge in [0.15, 0.2) is 5.82 Å². The van der Waals surface area contributed by atoms with E-state index in [2.05, 4.69) is 20.8 Å². The minimum absolute atomic E-state index is 0.00123. The zero-order chi connectivity index (χ0) is 31.2. The number of benzene rings is 3. The molecule has 0 unspecified atom stereocenters. The highest BCUT2D eigenvalue weighted by molar-refractivity contribution is 6.58. The van der Waals surface area contributed by atoms with Crippen molar-refractivity contribution < 1.29 is 24.4 Å². The molecule has 4 aromatic rings. The van der Waals surface area contributed by atoms with Gasteiger partial charge in [-0.2, -0.15) is 0 Å². The maximum atomic E-state index is 13.1. The van der Waals surface area contributed by atoms with E-state index in [9.17, 15) is 19.6 Å². The molecular formula is C31H30BClN6O5. The number of amides is 2. The molecule has 5 rings (SSSR count). The third-order valence-electron chi connectivity index (χ3n) is 7.01. The van der Waals surface area contributed by atoms with Crippen LogP contribution in [0.4, 0.5) is 0 Å². The van der Waals surface area contributed by atoms with Gasteiger partial charge in [0.05, 0.1) is 24.9 Å². The molecule has 2 amide bonds. The van der Waals surface area contributed by atoms with Gasteiger partial charge >= 0.3 is 7.12 Å². The first-order chi connectivity index (χ1) is 21.2. The van der Waals surface area contributed by atoms with Gasteiger partial charge in [0.2, 0.25) is 11.8 Å². The summed E-state index contributed by atoms with van der Waals surface area (Å²) in [6, 6.07) is 18.9. The summed E-state index contributed by atoms with van der Waals surface area (Å²) >= 11 is 6.16. The lowest BCUT2D eigenvalue weighted by atomic mass is 9.79. The van der Waals surface area contributed by atoms with Gasteiger partial charge in [-0.25, -0.2) is 0 Å². The zero-order valence-corrected chi connectivity index (χ0v) is 24.8. The van der Waals surface area contributed by atoms with Gasteiger partial charge in [-0.3, -0.25) is 19.1 Å². The van der Waals surface area contributed by atoms with E-state index in [1.807, 2.05) is 41.8 Å². The Morgan fingerprint density at radius 2 is 1.82 bits per heavy atom. The molecule has 224 valence electrons. The van der Waals surface area contributed by atoms with Crippen LogP contribution < -0.4 is 20.8 Å². The molecule has 0 radical (unpaired) electrons. The fourth-order valence-electron chi connectivity index (χ4n) is 4.87. The first kappa shape index (κ1) is 30.7. The third kappa shape index (κ3) is 7.05. The highest BCUT2D eigenvalue weighted by atomic mass is 35.5. The number of ether oxygens (including phenoxy) is 1. The molecule has 2 heterocycles. The highest BCUT2D eigenvalue weighted by Crippen LogP contribution is 2.34. The monoisotopic (exact) mass is 612 g/mol. The number of hydrogen-bond donors (Lipinski definition) is 4. The van der Waals surface area contributed by atoms with E-state index < -0.39 is 13.2 Å². The number of hydrogen-bond acceptors (Lipinski definition) is 8. The molecule has 0 saturated heterocycles. The van der Waals surface area contributed by atoms with Crippen LogP contribution in [0.3, 0.4) is 0 Å². The van der Waals surface area contributed by atoms with Crippen molar-refractivity contribution in [3.63, 3.8) is 0 Å². The topological polar surface area (TPSA) is 151 Å². The molecule has 11 nitrogen and oxygen atoms in total. The number of carbonyl (C=O) groups excluding carboxylic acids is 2. The van der Waals surface area contributed by atoms with Crippen LogP contribution in [-0.4, -0.2) is 69.7 Å². The molecule has 3 aromatic carbocycles. The number of nitrogens with zero attached hydrogens (tertiary/aromatic N) is 4. The molecule has 1 aliphatic rings. The molecule has 13 heteroatoms. The SMILES string of the molecule is COc1ccc2c(c1)C(c1ccc(Cl)cc1)=N[C@@H](CC(=O)NCCNC(=O)/C=C/c1cccc(B(O)O)c1)c1nnc(C)n1-2. The fraction of sp³-hybridized carbons (Fsp3) is 0.194. The van der Waals surface area contributed by atoms with E-state index in [1.165, 1.54) is 6.08 Å². The smallest absolute Gasteiger partial charge is 0.488 e. The summed E-state index contributed by atoms with van der Waals surface area (Å²) in [4.78, 5) is 30.4. The lowest BCUT2D eigenvalue weighted by Gasteiger charge is -2.14. The molecule has 0 spiro atoms. The van der Waals surface area contributed by atoms with Gasteiger partial charge in [-0.1, -0.05) is 48.0 Å². The van der Waals surface area contributed by atoms with Gasteiger partial charge in [-0.05, 0) is 54.4 Å². The number of rotatable bonds is 10. The maximum absolute atomic E-state index is 13.1. The maximum Gasteiger partial charge on any atom is 0.488 e. The number of aryl methyl sites for hydroxylation is 1. The van der Waals surface area contributed by atoms with Crippen molar-refractivity contribution in [1.82, 2.24) is 25.4 Å². The summed E-state index contributed by atoms with van der Waals surface area (Å²) in [5.41, 5.74) is 4.07. The Bertz CT molecular complexity index is 1740. The summed E-state index contributed by atoms with van der Waals surface area (Å²) in [5.74, 6) is 1.22. The minimum atomic E-state index is -1.59. The number of aromatic nitrogens is 3. The molecule has 4 N–H and O–H groups in total. The molecule has 0 aliphatic carbocycles. The van der Waals surface area contributed by atoms with E-state index in [4.69, 9.17) is 21.3 Å². The Hall–Kier alpha value is -4.78. The Labute approximate surface area is 259 Å². The number of fused-ring (bicyclic) bond motifs is 3. The standard InChI is InChI=1S/C31H30BClN6O5/c1-19-37-38-31-26(18-29(41)35-15-14-34-28(40)13-6-20-4-3-5-22(16-20)32(42)43)36-30(21-7-9-23(33)10-8-21)25-17-24(44-2)11-12-27(25)39(19)31/h3-13,16-17,26,42-43H,14-15,18H2,1-2H3,(H,34,40)(H,35,41)/b13-6+/t26-/m0/s1. The first-order valence-corrected chi connectivity index (χ1v) is 14.2.